The molecule has 1 aromatic rings. The van der Waals surface area contributed by atoms with Crippen molar-refractivity contribution in [2.24, 2.45) is 11.3 Å². The summed E-state index contributed by atoms with van der Waals surface area (Å²) in [4.78, 5) is 25.2. The molecule has 0 radical (unpaired) electrons. The normalized spacial score (nSPS) is 21.7. The van der Waals surface area contributed by atoms with Crippen LogP contribution in [-0.2, 0) is 9.47 Å². The van der Waals surface area contributed by atoms with E-state index < -0.39 is 12.2 Å². The zero-order valence-corrected chi connectivity index (χ0v) is 17.5. The van der Waals surface area contributed by atoms with Gasteiger partial charge in [0.05, 0.1) is 18.2 Å². The van der Waals surface area contributed by atoms with Gasteiger partial charge in [-0.3, -0.25) is 0 Å². The maximum Gasteiger partial charge on any atom is 0.429 e. The van der Waals surface area contributed by atoms with Crippen LogP contribution < -0.4 is 5.43 Å². The Kier molecular flexibility index (Phi) is 6.30. The van der Waals surface area contributed by atoms with Crippen LogP contribution in [-0.4, -0.2) is 35.4 Å². The second kappa shape index (κ2) is 8.72. The van der Waals surface area contributed by atoms with Gasteiger partial charge in [-0.1, -0.05) is 54.6 Å². The number of nitrogens with one attached hydrogen (secondary N) is 1. The summed E-state index contributed by atoms with van der Waals surface area (Å²) in [5.74, 6) is -0.0447. The van der Waals surface area contributed by atoms with Crippen LogP contribution in [0.1, 0.15) is 46.1 Å². The lowest BCUT2D eigenvalue weighted by Gasteiger charge is -2.35. The number of hydrogen-bond donors (Lipinski definition) is 1. The Morgan fingerprint density at radius 3 is 2.34 bits per heavy atom. The van der Waals surface area contributed by atoms with Crippen LogP contribution >= 0.6 is 0 Å². The average molecular weight is 399 g/mol. The molecular weight excluding hydrogens is 368 g/mol. The second-order valence-corrected chi connectivity index (χ2v) is 8.25. The van der Waals surface area contributed by atoms with Gasteiger partial charge in [0.15, 0.2) is 0 Å². The molecule has 0 bridgehead atoms. The van der Waals surface area contributed by atoms with E-state index in [0.717, 1.165) is 18.4 Å². The molecule has 3 rings (SSSR count). The molecule has 1 spiro atoms. The van der Waals surface area contributed by atoms with E-state index in [2.05, 4.69) is 23.7 Å². The zero-order valence-electron chi connectivity index (χ0n) is 17.5. The average Bonchev–Trinajstić information content (AvgIpc) is 3.33. The molecule has 29 heavy (non-hydrogen) atoms. The van der Waals surface area contributed by atoms with Crippen LogP contribution in [0, 0.1) is 11.3 Å². The van der Waals surface area contributed by atoms with Crippen molar-refractivity contribution in [3.05, 3.63) is 54.1 Å². The Labute approximate surface area is 172 Å². The third kappa shape index (κ3) is 5.19. The monoisotopic (exact) mass is 398 g/mol. The molecule has 2 amide bonds. The van der Waals surface area contributed by atoms with E-state index in [0.29, 0.717) is 0 Å². The fraction of sp³-hybridized carbons (Fsp3) is 0.478. The maximum absolute atomic E-state index is 12.9. The van der Waals surface area contributed by atoms with Crippen LogP contribution in [0.3, 0.4) is 0 Å². The van der Waals surface area contributed by atoms with Gasteiger partial charge in [0.25, 0.3) is 0 Å². The lowest BCUT2D eigenvalue weighted by molar-refractivity contribution is 0.0184. The fourth-order valence-electron chi connectivity index (χ4n) is 3.71. The van der Waals surface area contributed by atoms with Crippen molar-refractivity contribution in [2.75, 3.05) is 0 Å². The molecular formula is C23H30N2O4. The number of amides is 2. The van der Waals surface area contributed by atoms with Crippen LogP contribution in [0.15, 0.2) is 48.6 Å². The number of ether oxygens (including phenoxy) is 2. The van der Waals surface area contributed by atoms with Gasteiger partial charge in [0.2, 0.25) is 0 Å². The molecule has 0 aliphatic heterocycles. The Morgan fingerprint density at radius 1 is 1.10 bits per heavy atom. The molecule has 6 nitrogen and oxygen atoms in total. The summed E-state index contributed by atoms with van der Waals surface area (Å²) in [6.45, 7) is 7.10. The molecule has 0 unspecified atom stereocenters. The van der Waals surface area contributed by atoms with Crippen molar-refractivity contribution >= 4 is 18.3 Å². The van der Waals surface area contributed by atoms with Crippen molar-refractivity contribution in [1.29, 1.82) is 0 Å². The number of hydrogen-bond acceptors (Lipinski definition) is 4. The van der Waals surface area contributed by atoms with Gasteiger partial charge in [-0.05, 0) is 46.1 Å². The quantitative estimate of drug-likeness (QED) is 0.564. The number of carbonyl (C=O) groups is 2. The molecule has 1 fully saturated rings. The van der Waals surface area contributed by atoms with E-state index in [4.69, 9.17) is 9.47 Å². The molecule has 0 heterocycles. The summed E-state index contributed by atoms with van der Waals surface area (Å²) in [5, 5.41) is 1.33. The van der Waals surface area contributed by atoms with E-state index >= 15 is 0 Å². The van der Waals surface area contributed by atoms with Gasteiger partial charge in [0.1, 0.15) is 0 Å². The molecule has 1 aromatic carbocycles. The smallest absolute Gasteiger partial charge is 0.429 e. The van der Waals surface area contributed by atoms with E-state index in [9.17, 15) is 9.59 Å². The summed E-state index contributed by atoms with van der Waals surface area (Å²) in [6, 6.07) is 9.75. The lowest BCUT2D eigenvalue weighted by Crippen LogP contribution is -2.56. The number of benzene rings is 1. The molecule has 2 atom stereocenters. The first-order valence-corrected chi connectivity index (χ1v) is 10.2. The van der Waals surface area contributed by atoms with Crippen LogP contribution in [0.25, 0.3) is 6.08 Å². The highest BCUT2D eigenvalue weighted by atomic mass is 16.6. The second-order valence-electron chi connectivity index (χ2n) is 8.25. The van der Waals surface area contributed by atoms with Crippen LogP contribution in [0.5, 0.6) is 0 Å². The Hall–Kier alpha value is -2.76. The van der Waals surface area contributed by atoms with Crippen molar-refractivity contribution in [1.82, 2.24) is 10.4 Å². The van der Waals surface area contributed by atoms with Gasteiger partial charge in [-0.2, -0.15) is 0 Å². The molecule has 0 aromatic heterocycles. The number of nitrogens with zero attached hydrogens (tertiary/aromatic N) is 1. The summed E-state index contributed by atoms with van der Waals surface area (Å²) in [6.07, 6.45) is 8.53. The number of hydrazine groups is 1. The Morgan fingerprint density at radius 2 is 1.76 bits per heavy atom. The highest BCUT2D eigenvalue weighted by Crippen LogP contribution is 2.57. The topological polar surface area (TPSA) is 67.9 Å². The largest absolute Gasteiger partial charge is 0.446 e. The first-order valence-electron chi connectivity index (χ1n) is 10.2. The van der Waals surface area contributed by atoms with Crippen molar-refractivity contribution < 1.29 is 19.1 Å². The van der Waals surface area contributed by atoms with Crippen molar-refractivity contribution in [3.63, 3.8) is 0 Å². The van der Waals surface area contributed by atoms with Crippen molar-refractivity contribution in [2.45, 2.75) is 58.8 Å². The molecule has 0 saturated heterocycles. The number of carbonyl (C=O) groups excluding carboxylic acids is 2. The van der Waals surface area contributed by atoms with Gasteiger partial charge in [-0.15, -0.1) is 0 Å². The predicted molar refractivity (Wildman–Crippen MR) is 112 cm³/mol. The Balaban J connectivity index is 1.84. The summed E-state index contributed by atoms with van der Waals surface area (Å²) >= 11 is 0. The molecule has 6 heteroatoms. The highest BCUT2D eigenvalue weighted by Gasteiger charge is 2.57. The van der Waals surface area contributed by atoms with Gasteiger partial charge < -0.3 is 9.47 Å². The van der Waals surface area contributed by atoms with Gasteiger partial charge in [-0.25, -0.2) is 20.0 Å². The van der Waals surface area contributed by atoms with Gasteiger partial charge in [0, 0.05) is 11.3 Å². The maximum atomic E-state index is 12.9. The predicted octanol–water partition coefficient (Wildman–Crippen LogP) is 4.93. The summed E-state index contributed by atoms with van der Waals surface area (Å²) in [7, 11) is 0. The van der Waals surface area contributed by atoms with Crippen molar-refractivity contribution in [3.8, 4) is 0 Å². The minimum Gasteiger partial charge on any atom is -0.446 e. The first-order chi connectivity index (χ1) is 13.8. The lowest BCUT2D eigenvalue weighted by atomic mass is 9.92. The summed E-state index contributed by atoms with van der Waals surface area (Å²) < 4.78 is 10.6. The third-order valence-electron chi connectivity index (χ3n) is 5.11. The first kappa shape index (κ1) is 21.0. The molecule has 2 aliphatic rings. The minimum atomic E-state index is -0.658. The fourth-order valence-corrected chi connectivity index (χ4v) is 3.71. The number of rotatable bonds is 5. The highest BCUT2D eigenvalue weighted by molar-refractivity contribution is 5.75. The zero-order chi connectivity index (χ0) is 21.0. The van der Waals surface area contributed by atoms with Crippen LogP contribution in [0.4, 0.5) is 9.59 Å². The SMILES string of the molecule is CC(C)OC(=O)NN(C(=O)OC(C)C)[C@H]1[C@H](/C=C/c2ccccc2)C=CC12CC2. The van der Waals surface area contributed by atoms with E-state index in [1.807, 2.05) is 36.4 Å². The third-order valence-corrected chi connectivity index (χ3v) is 5.11. The minimum absolute atomic E-state index is 0.0447. The molecule has 156 valence electrons. The standard InChI is InChI=1S/C23H30N2O4/c1-16(2)28-21(26)24-25(22(27)29-17(3)4)20-19(12-13-23(20)14-15-23)11-10-18-8-6-5-7-9-18/h5-13,16-17,19-20H,14-15H2,1-4H3,(H,24,26)/b11-10+/t19-,20+/m1/s1. The van der Waals surface area contributed by atoms with E-state index in [1.54, 1.807) is 27.7 Å². The van der Waals surface area contributed by atoms with Gasteiger partial charge >= 0.3 is 12.2 Å². The van der Waals surface area contributed by atoms with Crippen LogP contribution in [0.2, 0.25) is 0 Å². The van der Waals surface area contributed by atoms with E-state index in [-0.39, 0.29) is 29.6 Å². The molecule has 1 N–H and O–H groups in total. The molecule has 2 aliphatic carbocycles. The summed E-state index contributed by atoms with van der Waals surface area (Å²) in [5.41, 5.74) is 3.59. The van der Waals surface area contributed by atoms with E-state index in [1.165, 1.54) is 5.01 Å². The Bertz CT molecular complexity index is 781. The molecule has 1 saturated carbocycles.